The van der Waals surface area contributed by atoms with E-state index in [9.17, 15) is 0 Å². The molecule has 0 aromatic carbocycles. The van der Waals surface area contributed by atoms with Crippen molar-refractivity contribution in [1.29, 1.82) is 0 Å². The molecule has 0 spiro atoms. The third kappa shape index (κ3) is 3.91. The molecule has 2 atom stereocenters. The minimum absolute atomic E-state index is 0. The lowest BCUT2D eigenvalue weighted by atomic mass is 10.1. The quantitative estimate of drug-likeness (QED) is 0.921. The van der Waals surface area contributed by atoms with Crippen LogP contribution >= 0.6 is 24.8 Å². The molecule has 0 saturated carbocycles. The highest BCUT2D eigenvalue weighted by molar-refractivity contribution is 5.85. The fourth-order valence-corrected chi connectivity index (χ4v) is 3.41. The van der Waals surface area contributed by atoms with Gasteiger partial charge in [0.1, 0.15) is 11.5 Å². The summed E-state index contributed by atoms with van der Waals surface area (Å²) in [6, 6.07) is 5.81. The first kappa shape index (κ1) is 17.8. The molecule has 2 aliphatic rings. The first-order chi connectivity index (χ1) is 8.86. The number of nitrogens with one attached hydrogen (secondary N) is 1. The Bertz CT molecular complexity index is 383. The highest BCUT2D eigenvalue weighted by atomic mass is 35.5. The summed E-state index contributed by atoms with van der Waals surface area (Å²) in [5, 5.41) is 3.55. The summed E-state index contributed by atoms with van der Waals surface area (Å²) in [5.41, 5.74) is 0. The topological polar surface area (TPSA) is 28.4 Å². The van der Waals surface area contributed by atoms with Crippen LogP contribution in [-0.2, 0) is 13.0 Å². The lowest BCUT2D eigenvalue weighted by Gasteiger charge is -2.26. The van der Waals surface area contributed by atoms with Crippen molar-refractivity contribution in [1.82, 2.24) is 10.2 Å². The molecule has 2 saturated heterocycles. The number of furan rings is 1. The van der Waals surface area contributed by atoms with E-state index in [0.29, 0.717) is 0 Å². The van der Waals surface area contributed by atoms with Crippen molar-refractivity contribution in [2.75, 3.05) is 13.1 Å². The van der Waals surface area contributed by atoms with E-state index in [4.69, 9.17) is 4.42 Å². The number of hydrogen-bond acceptors (Lipinski definition) is 3. The Kier molecular flexibility index (Phi) is 7.38. The van der Waals surface area contributed by atoms with Gasteiger partial charge in [-0.05, 0) is 44.4 Å². The third-order valence-electron chi connectivity index (χ3n) is 4.36. The van der Waals surface area contributed by atoms with E-state index in [2.05, 4.69) is 29.3 Å². The smallest absolute Gasteiger partial charge is 0.118 e. The zero-order valence-corrected chi connectivity index (χ0v) is 13.8. The molecule has 116 valence electrons. The number of aryl methyl sites for hydroxylation is 1. The van der Waals surface area contributed by atoms with Crippen molar-refractivity contribution in [2.24, 2.45) is 0 Å². The Balaban J connectivity index is 0.000001000. The highest BCUT2D eigenvalue weighted by Gasteiger charge is 2.35. The van der Waals surface area contributed by atoms with Gasteiger partial charge in [0.05, 0.1) is 6.54 Å². The Hall–Kier alpha value is -0.220. The van der Waals surface area contributed by atoms with Crippen LogP contribution in [0.4, 0.5) is 0 Å². The number of fused-ring (bicyclic) bond motifs is 2. The lowest BCUT2D eigenvalue weighted by Crippen LogP contribution is -2.37. The maximum Gasteiger partial charge on any atom is 0.118 e. The van der Waals surface area contributed by atoms with Crippen LogP contribution in [0.15, 0.2) is 16.5 Å². The summed E-state index contributed by atoms with van der Waals surface area (Å²) in [6.07, 6.45) is 6.23. The normalized spacial score (nSPS) is 25.6. The zero-order valence-electron chi connectivity index (χ0n) is 12.1. The van der Waals surface area contributed by atoms with Crippen LogP contribution in [0.2, 0.25) is 0 Å². The molecule has 3 heterocycles. The molecular formula is C15H26Cl2N2O. The Morgan fingerprint density at radius 2 is 1.90 bits per heavy atom. The van der Waals surface area contributed by atoms with Gasteiger partial charge in [0.15, 0.2) is 0 Å². The zero-order chi connectivity index (χ0) is 12.4. The predicted octanol–water partition coefficient (Wildman–Crippen LogP) is 3.40. The van der Waals surface area contributed by atoms with Gasteiger partial charge < -0.3 is 9.73 Å². The average Bonchev–Trinajstić information content (AvgIpc) is 2.85. The van der Waals surface area contributed by atoms with E-state index in [1.165, 1.54) is 25.8 Å². The molecule has 5 heteroatoms. The Labute approximate surface area is 134 Å². The maximum absolute atomic E-state index is 5.93. The second-order valence-corrected chi connectivity index (χ2v) is 5.67. The standard InChI is InChI=1S/C15H24N2O.2ClH/c1-2-3-14-6-7-15(18-14)11-17-12-4-5-13(17)10-16-9-8-12;;/h6-7,12-13,16H,2-5,8-11H2,1H3;2*1H/t12-,13+;;/m1../s1. The molecule has 3 rings (SSSR count). The molecule has 2 bridgehead atoms. The molecule has 1 N–H and O–H groups in total. The summed E-state index contributed by atoms with van der Waals surface area (Å²) < 4.78 is 5.93. The summed E-state index contributed by atoms with van der Waals surface area (Å²) >= 11 is 0. The molecule has 3 nitrogen and oxygen atoms in total. The van der Waals surface area contributed by atoms with Gasteiger partial charge in [0.2, 0.25) is 0 Å². The Morgan fingerprint density at radius 3 is 2.70 bits per heavy atom. The molecule has 2 aliphatic heterocycles. The minimum atomic E-state index is 0. The van der Waals surface area contributed by atoms with Gasteiger partial charge >= 0.3 is 0 Å². The molecule has 1 aromatic rings. The fraction of sp³-hybridized carbons (Fsp3) is 0.733. The van der Waals surface area contributed by atoms with Crippen LogP contribution in [0, 0.1) is 0 Å². The Morgan fingerprint density at radius 1 is 1.15 bits per heavy atom. The van der Waals surface area contributed by atoms with E-state index in [1.54, 1.807) is 0 Å². The molecule has 1 aromatic heterocycles. The lowest BCUT2D eigenvalue weighted by molar-refractivity contribution is 0.177. The van der Waals surface area contributed by atoms with Gasteiger partial charge in [0, 0.05) is 25.0 Å². The van der Waals surface area contributed by atoms with Gasteiger partial charge in [-0.15, -0.1) is 24.8 Å². The van der Waals surface area contributed by atoms with Crippen LogP contribution in [0.3, 0.4) is 0 Å². The summed E-state index contributed by atoms with van der Waals surface area (Å²) in [4.78, 5) is 2.66. The molecule has 20 heavy (non-hydrogen) atoms. The number of nitrogens with zero attached hydrogens (tertiary/aromatic N) is 1. The van der Waals surface area contributed by atoms with E-state index in [0.717, 1.165) is 49.5 Å². The second-order valence-electron chi connectivity index (χ2n) is 5.67. The van der Waals surface area contributed by atoms with Crippen molar-refractivity contribution in [2.45, 2.75) is 57.7 Å². The van der Waals surface area contributed by atoms with Gasteiger partial charge in [0.25, 0.3) is 0 Å². The van der Waals surface area contributed by atoms with Crippen molar-refractivity contribution in [3.05, 3.63) is 23.7 Å². The van der Waals surface area contributed by atoms with Crippen LogP contribution in [0.25, 0.3) is 0 Å². The summed E-state index contributed by atoms with van der Waals surface area (Å²) in [6.45, 7) is 5.53. The SMILES string of the molecule is CCCc1ccc(CN2[C@H]3CCNC[C@@H]2CC3)o1.Cl.Cl. The number of rotatable bonds is 4. The average molecular weight is 321 g/mol. The van der Waals surface area contributed by atoms with E-state index < -0.39 is 0 Å². The molecule has 0 radical (unpaired) electrons. The van der Waals surface area contributed by atoms with Crippen molar-refractivity contribution >= 4 is 24.8 Å². The van der Waals surface area contributed by atoms with Gasteiger partial charge in [-0.2, -0.15) is 0 Å². The van der Waals surface area contributed by atoms with E-state index in [1.807, 2.05) is 0 Å². The van der Waals surface area contributed by atoms with Crippen molar-refractivity contribution < 1.29 is 4.42 Å². The number of halogens is 2. The molecule has 0 amide bonds. The van der Waals surface area contributed by atoms with E-state index >= 15 is 0 Å². The largest absolute Gasteiger partial charge is 0.465 e. The van der Waals surface area contributed by atoms with Crippen LogP contribution in [0.1, 0.15) is 44.1 Å². The highest BCUT2D eigenvalue weighted by Crippen LogP contribution is 2.29. The first-order valence-electron chi connectivity index (χ1n) is 7.41. The first-order valence-corrected chi connectivity index (χ1v) is 7.41. The third-order valence-corrected chi connectivity index (χ3v) is 4.36. The molecular weight excluding hydrogens is 295 g/mol. The summed E-state index contributed by atoms with van der Waals surface area (Å²) in [7, 11) is 0. The van der Waals surface area contributed by atoms with Crippen LogP contribution < -0.4 is 5.32 Å². The second kappa shape index (κ2) is 8.28. The van der Waals surface area contributed by atoms with Gasteiger partial charge in [-0.3, -0.25) is 4.90 Å². The van der Waals surface area contributed by atoms with Gasteiger partial charge in [-0.1, -0.05) is 6.92 Å². The van der Waals surface area contributed by atoms with Crippen LogP contribution in [0.5, 0.6) is 0 Å². The molecule has 2 fully saturated rings. The van der Waals surface area contributed by atoms with Crippen LogP contribution in [-0.4, -0.2) is 30.1 Å². The van der Waals surface area contributed by atoms with Crippen molar-refractivity contribution in [3.63, 3.8) is 0 Å². The van der Waals surface area contributed by atoms with Crippen molar-refractivity contribution in [3.8, 4) is 0 Å². The predicted molar refractivity (Wildman–Crippen MR) is 87.0 cm³/mol. The monoisotopic (exact) mass is 320 g/mol. The molecule has 0 aliphatic carbocycles. The van der Waals surface area contributed by atoms with Gasteiger partial charge in [-0.25, -0.2) is 0 Å². The fourth-order valence-electron chi connectivity index (χ4n) is 3.41. The number of hydrogen-bond donors (Lipinski definition) is 1. The van der Waals surface area contributed by atoms with E-state index in [-0.39, 0.29) is 24.8 Å². The maximum atomic E-state index is 5.93. The minimum Gasteiger partial charge on any atom is -0.465 e. The summed E-state index contributed by atoms with van der Waals surface area (Å²) in [5.74, 6) is 2.30. The molecule has 0 unspecified atom stereocenters.